The molecule has 0 aliphatic rings. The van der Waals surface area contributed by atoms with E-state index in [9.17, 15) is 13.2 Å². The highest BCUT2D eigenvalue weighted by Gasteiger charge is 2.18. The Kier molecular flexibility index (Phi) is 2.96. The zero-order chi connectivity index (χ0) is 11.6. The van der Waals surface area contributed by atoms with Gasteiger partial charge in [0.2, 0.25) is 0 Å². The van der Waals surface area contributed by atoms with Crippen molar-refractivity contribution in [1.29, 1.82) is 0 Å². The number of rotatable bonds is 3. The Morgan fingerprint density at radius 1 is 1.47 bits per heavy atom. The SMILES string of the molecule is COc1ccc(C([NH])=O)cc1S(=O)(=O)O. The lowest BCUT2D eigenvalue weighted by atomic mass is 10.2. The molecule has 1 aromatic rings. The molecule has 0 bridgehead atoms. The fourth-order valence-electron chi connectivity index (χ4n) is 1.02. The standard InChI is InChI=1S/C8H8NO5S/c1-14-6-3-2-5(8(9)10)4-7(6)15(11,12)13/h2-4,9H,1H3,(H,11,12,13). The Hall–Kier alpha value is -1.60. The van der Waals surface area contributed by atoms with Crippen LogP contribution in [-0.4, -0.2) is 26.0 Å². The molecule has 0 aromatic heterocycles. The monoisotopic (exact) mass is 230 g/mol. The number of hydrogen-bond donors (Lipinski definition) is 1. The van der Waals surface area contributed by atoms with E-state index in [1.165, 1.54) is 19.2 Å². The predicted octanol–water partition coefficient (Wildman–Crippen LogP) is 0.365. The second-order valence-corrected chi connectivity index (χ2v) is 4.06. The van der Waals surface area contributed by atoms with Gasteiger partial charge in [0.25, 0.3) is 16.0 Å². The molecule has 1 amide bonds. The van der Waals surface area contributed by atoms with E-state index in [-0.39, 0.29) is 11.3 Å². The summed E-state index contributed by atoms with van der Waals surface area (Å²) in [7, 11) is -3.23. The first-order chi connectivity index (χ1) is 6.86. The van der Waals surface area contributed by atoms with Crippen LogP contribution in [0.5, 0.6) is 5.75 Å². The summed E-state index contributed by atoms with van der Waals surface area (Å²) in [6.07, 6.45) is 0. The van der Waals surface area contributed by atoms with Gasteiger partial charge in [-0.1, -0.05) is 0 Å². The molecule has 0 heterocycles. The molecule has 1 aromatic carbocycles. The molecule has 0 atom stereocenters. The third-order valence-electron chi connectivity index (χ3n) is 1.70. The highest BCUT2D eigenvalue weighted by molar-refractivity contribution is 7.86. The first kappa shape index (κ1) is 11.5. The molecule has 0 spiro atoms. The number of benzene rings is 1. The van der Waals surface area contributed by atoms with Gasteiger partial charge in [-0.3, -0.25) is 15.1 Å². The summed E-state index contributed by atoms with van der Waals surface area (Å²) < 4.78 is 35.3. The second kappa shape index (κ2) is 3.87. The minimum absolute atomic E-state index is 0.0810. The molecular formula is C8H8NO5S. The molecule has 81 valence electrons. The maximum atomic E-state index is 10.9. The molecule has 0 aliphatic heterocycles. The lowest BCUT2D eigenvalue weighted by Gasteiger charge is -2.06. The van der Waals surface area contributed by atoms with E-state index in [1.54, 1.807) is 0 Å². The topological polar surface area (TPSA) is 104 Å². The van der Waals surface area contributed by atoms with Crippen molar-refractivity contribution in [2.45, 2.75) is 4.90 Å². The fraction of sp³-hybridized carbons (Fsp3) is 0.125. The van der Waals surface area contributed by atoms with Crippen LogP contribution in [0, 0.1) is 0 Å². The molecule has 0 fully saturated rings. The summed E-state index contributed by atoms with van der Waals surface area (Å²) >= 11 is 0. The smallest absolute Gasteiger partial charge is 0.298 e. The van der Waals surface area contributed by atoms with Crippen molar-refractivity contribution in [3.63, 3.8) is 0 Å². The minimum atomic E-state index is -4.46. The molecule has 1 radical (unpaired) electrons. The van der Waals surface area contributed by atoms with Gasteiger partial charge in [-0.25, -0.2) is 0 Å². The molecule has 0 saturated heterocycles. The van der Waals surface area contributed by atoms with Crippen LogP contribution in [0.4, 0.5) is 0 Å². The van der Waals surface area contributed by atoms with Gasteiger partial charge < -0.3 is 4.74 Å². The van der Waals surface area contributed by atoms with Crippen LogP contribution in [0.3, 0.4) is 0 Å². The average Bonchev–Trinajstić information content (AvgIpc) is 2.15. The van der Waals surface area contributed by atoms with E-state index in [4.69, 9.17) is 15.0 Å². The van der Waals surface area contributed by atoms with Crippen LogP contribution in [0.15, 0.2) is 23.1 Å². The van der Waals surface area contributed by atoms with Gasteiger partial charge in [-0.05, 0) is 18.2 Å². The molecule has 0 saturated carbocycles. The van der Waals surface area contributed by atoms with Crippen LogP contribution in [0.25, 0.3) is 0 Å². The number of nitrogens with one attached hydrogen (secondary N) is 1. The first-order valence-corrected chi connectivity index (χ1v) is 5.21. The van der Waals surface area contributed by atoms with Crippen LogP contribution in [0.2, 0.25) is 0 Å². The zero-order valence-electron chi connectivity index (χ0n) is 7.72. The maximum Gasteiger partial charge on any atom is 0.298 e. The zero-order valence-corrected chi connectivity index (χ0v) is 8.54. The van der Waals surface area contributed by atoms with Crippen LogP contribution >= 0.6 is 0 Å². The van der Waals surface area contributed by atoms with E-state index >= 15 is 0 Å². The van der Waals surface area contributed by atoms with E-state index in [0.717, 1.165) is 6.07 Å². The summed E-state index contributed by atoms with van der Waals surface area (Å²) in [6.45, 7) is 0. The Morgan fingerprint density at radius 2 is 2.07 bits per heavy atom. The van der Waals surface area contributed by atoms with E-state index in [2.05, 4.69) is 0 Å². The Balaban J connectivity index is 3.46. The highest BCUT2D eigenvalue weighted by atomic mass is 32.2. The average molecular weight is 230 g/mol. The summed E-state index contributed by atoms with van der Waals surface area (Å²) in [4.78, 5) is 10.1. The third kappa shape index (κ3) is 2.45. The van der Waals surface area contributed by atoms with Gasteiger partial charge in [0, 0.05) is 5.56 Å². The number of methoxy groups -OCH3 is 1. The quantitative estimate of drug-likeness (QED) is 0.755. The highest BCUT2D eigenvalue weighted by Crippen LogP contribution is 2.24. The van der Waals surface area contributed by atoms with Crippen LogP contribution < -0.4 is 10.5 Å². The van der Waals surface area contributed by atoms with E-state index in [1.807, 2.05) is 0 Å². The molecule has 6 nitrogen and oxygen atoms in total. The van der Waals surface area contributed by atoms with Gasteiger partial charge in [0.1, 0.15) is 10.6 Å². The van der Waals surface area contributed by atoms with Crippen LogP contribution in [0.1, 0.15) is 10.4 Å². The molecular weight excluding hydrogens is 222 g/mol. The second-order valence-electron chi connectivity index (χ2n) is 2.67. The van der Waals surface area contributed by atoms with Gasteiger partial charge in [-0.2, -0.15) is 8.42 Å². The number of carbonyl (C=O) groups excluding carboxylic acids is 1. The van der Waals surface area contributed by atoms with Crippen LogP contribution in [-0.2, 0) is 10.1 Å². The first-order valence-electron chi connectivity index (χ1n) is 3.77. The lowest BCUT2D eigenvalue weighted by molar-refractivity contribution is 0.0992. The number of amides is 1. The van der Waals surface area contributed by atoms with Crippen molar-refractivity contribution in [1.82, 2.24) is 5.73 Å². The Bertz CT molecular complexity index is 494. The Morgan fingerprint density at radius 3 is 2.47 bits per heavy atom. The maximum absolute atomic E-state index is 10.9. The summed E-state index contributed by atoms with van der Waals surface area (Å²) in [5.74, 6) is -1.12. The van der Waals surface area contributed by atoms with Gasteiger partial charge in [0.15, 0.2) is 0 Å². The largest absolute Gasteiger partial charge is 0.495 e. The van der Waals surface area contributed by atoms with Crippen molar-refractivity contribution in [3.8, 4) is 5.75 Å². The minimum Gasteiger partial charge on any atom is -0.495 e. The molecule has 7 heteroatoms. The molecule has 2 N–H and O–H groups in total. The van der Waals surface area contributed by atoms with Crippen molar-refractivity contribution in [2.75, 3.05) is 7.11 Å². The number of carbonyl (C=O) groups is 1. The van der Waals surface area contributed by atoms with Crippen molar-refractivity contribution < 1.29 is 22.5 Å². The lowest BCUT2D eigenvalue weighted by Crippen LogP contribution is -2.05. The van der Waals surface area contributed by atoms with Crippen molar-refractivity contribution in [3.05, 3.63) is 23.8 Å². The van der Waals surface area contributed by atoms with E-state index < -0.39 is 20.9 Å². The Labute approximate surface area is 86.4 Å². The summed E-state index contributed by atoms with van der Waals surface area (Å²) in [5, 5.41) is 0. The van der Waals surface area contributed by atoms with Gasteiger partial charge >= 0.3 is 0 Å². The third-order valence-corrected chi connectivity index (χ3v) is 2.58. The van der Waals surface area contributed by atoms with E-state index in [0.29, 0.717) is 0 Å². The van der Waals surface area contributed by atoms with Crippen molar-refractivity contribution >= 4 is 16.0 Å². The number of hydrogen-bond acceptors (Lipinski definition) is 4. The molecule has 15 heavy (non-hydrogen) atoms. The summed E-state index contributed by atoms with van der Waals surface area (Å²) in [6, 6.07) is 3.33. The van der Waals surface area contributed by atoms with Gasteiger partial charge in [-0.15, -0.1) is 0 Å². The number of ether oxygens (including phenoxy) is 1. The predicted molar refractivity (Wildman–Crippen MR) is 50.2 cm³/mol. The fourth-order valence-corrected chi connectivity index (χ4v) is 1.70. The molecule has 0 unspecified atom stereocenters. The summed E-state index contributed by atoms with van der Waals surface area (Å²) in [5.41, 5.74) is 6.66. The van der Waals surface area contributed by atoms with Gasteiger partial charge in [0.05, 0.1) is 7.11 Å². The normalized spacial score (nSPS) is 11.1. The molecule has 1 rings (SSSR count). The van der Waals surface area contributed by atoms with Crippen molar-refractivity contribution in [2.24, 2.45) is 0 Å². The molecule has 0 aliphatic carbocycles.